The van der Waals surface area contributed by atoms with E-state index in [4.69, 9.17) is 4.74 Å². The van der Waals surface area contributed by atoms with Gasteiger partial charge in [0.1, 0.15) is 29.5 Å². The van der Waals surface area contributed by atoms with Crippen LogP contribution in [0.3, 0.4) is 0 Å². The summed E-state index contributed by atoms with van der Waals surface area (Å²) in [5.41, 5.74) is 0.534. The summed E-state index contributed by atoms with van der Waals surface area (Å²) >= 11 is 0. The van der Waals surface area contributed by atoms with Crippen molar-refractivity contribution in [1.82, 2.24) is 19.5 Å². The number of carbonyl (C=O) groups is 1. The van der Waals surface area contributed by atoms with Gasteiger partial charge in [0, 0.05) is 24.0 Å². The third-order valence-electron chi connectivity index (χ3n) is 3.85. The predicted molar refractivity (Wildman–Crippen MR) is 98.7 cm³/mol. The molecule has 7 heteroatoms. The molecule has 134 valence electrons. The Labute approximate surface area is 152 Å². The summed E-state index contributed by atoms with van der Waals surface area (Å²) in [6.45, 7) is 4.67. The van der Waals surface area contributed by atoms with Crippen LogP contribution in [0.1, 0.15) is 35.9 Å². The van der Waals surface area contributed by atoms with Crippen molar-refractivity contribution in [2.75, 3.05) is 11.9 Å². The zero-order chi connectivity index (χ0) is 18.4. The summed E-state index contributed by atoms with van der Waals surface area (Å²) in [5, 5.41) is 2.79. The van der Waals surface area contributed by atoms with Crippen LogP contribution in [0.2, 0.25) is 0 Å². The summed E-state index contributed by atoms with van der Waals surface area (Å²) in [7, 11) is 0. The fourth-order valence-electron chi connectivity index (χ4n) is 2.39. The number of ether oxygens (including phenoxy) is 1. The van der Waals surface area contributed by atoms with Crippen molar-refractivity contribution in [3.63, 3.8) is 0 Å². The van der Waals surface area contributed by atoms with Crippen molar-refractivity contribution < 1.29 is 9.53 Å². The van der Waals surface area contributed by atoms with E-state index in [2.05, 4.69) is 27.2 Å². The fourth-order valence-corrected chi connectivity index (χ4v) is 2.39. The van der Waals surface area contributed by atoms with E-state index in [0.717, 1.165) is 24.4 Å². The highest BCUT2D eigenvalue weighted by atomic mass is 16.5. The van der Waals surface area contributed by atoms with Crippen molar-refractivity contribution in [2.24, 2.45) is 0 Å². The monoisotopic (exact) mass is 351 g/mol. The zero-order valence-corrected chi connectivity index (χ0v) is 14.8. The quantitative estimate of drug-likeness (QED) is 0.660. The first-order valence-corrected chi connectivity index (χ1v) is 8.54. The first kappa shape index (κ1) is 17.6. The van der Waals surface area contributed by atoms with Gasteiger partial charge in [-0.3, -0.25) is 9.36 Å². The number of nitrogens with one attached hydrogen (secondary N) is 1. The molecule has 3 rings (SSSR count). The molecule has 0 atom stereocenters. The van der Waals surface area contributed by atoms with E-state index < -0.39 is 0 Å². The Morgan fingerprint density at radius 3 is 2.69 bits per heavy atom. The Morgan fingerprint density at radius 1 is 1.19 bits per heavy atom. The van der Waals surface area contributed by atoms with Gasteiger partial charge in [-0.25, -0.2) is 15.0 Å². The molecule has 1 amide bonds. The molecule has 0 saturated heterocycles. The zero-order valence-electron chi connectivity index (χ0n) is 14.8. The minimum absolute atomic E-state index is 0.239. The minimum atomic E-state index is -0.239. The first-order chi connectivity index (χ1) is 12.7. The molecule has 0 unspecified atom stereocenters. The average molecular weight is 351 g/mol. The fraction of sp³-hybridized carbons (Fsp3) is 0.263. The van der Waals surface area contributed by atoms with Crippen molar-refractivity contribution in [2.45, 2.75) is 26.7 Å². The number of unbranched alkanes of at least 4 members (excludes halogenated alkanes) is 1. The smallest absolute Gasteiger partial charge is 0.256 e. The number of amides is 1. The van der Waals surface area contributed by atoms with Crippen molar-refractivity contribution in [1.29, 1.82) is 0 Å². The van der Waals surface area contributed by atoms with Crippen molar-refractivity contribution >= 4 is 11.7 Å². The van der Waals surface area contributed by atoms with Crippen molar-refractivity contribution in [3.05, 3.63) is 60.4 Å². The van der Waals surface area contributed by atoms with E-state index in [-0.39, 0.29) is 5.91 Å². The van der Waals surface area contributed by atoms with Crippen LogP contribution in [0.25, 0.3) is 5.82 Å². The lowest BCUT2D eigenvalue weighted by Gasteiger charge is -2.08. The SMILES string of the molecule is CCCCOc1ccc(C(=O)Nc2cc(-n3ccnc3C)ncn2)cc1. The third kappa shape index (κ3) is 4.24. The van der Waals surface area contributed by atoms with Gasteiger partial charge in [0.2, 0.25) is 0 Å². The van der Waals surface area contributed by atoms with E-state index >= 15 is 0 Å². The van der Waals surface area contributed by atoms with Gasteiger partial charge in [0.25, 0.3) is 5.91 Å². The lowest BCUT2D eigenvalue weighted by molar-refractivity contribution is 0.102. The average Bonchev–Trinajstić information content (AvgIpc) is 3.09. The third-order valence-corrected chi connectivity index (χ3v) is 3.85. The van der Waals surface area contributed by atoms with Gasteiger partial charge in [-0.05, 0) is 37.6 Å². The molecular formula is C19H21N5O2. The highest BCUT2D eigenvalue weighted by Gasteiger charge is 2.09. The molecule has 1 aromatic carbocycles. The number of aryl methyl sites for hydroxylation is 1. The van der Waals surface area contributed by atoms with Crippen LogP contribution in [0.15, 0.2) is 49.1 Å². The van der Waals surface area contributed by atoms with Crippen molar-refractivity contribution in [3.8, 4) is 11.6 Å². The number of rotatable bonds is 7. The number of imidazole rings is 1. The lowest BCUT2D eigenvalue weighted by Crippen LogP contribution is -2.13. The summed E-state index contributed by atoms with van der Waals surface area (Å²) in [6, 6.07) is 8.77. The molecule has 2 aromatic heterocycles. The topological polar surface area (TPSA) is 81.9 Å². The molecule has 3 aromatic rings. The number of hydrogen-bond acceptors (Lipinski definition) is 5. The van der Waals surface area contributed by atoms with Crippen LogP contribution in [-0.4, -0.2) is 32.0 Å². The van der Waals surface area contributed by atoms with E-state index in [9.17, 15) is 4.79 Å². The van der Waals surface area contributed by atoms with E-state index in [1.165, 1.54) is 6.33 Å². The molecule has 1 N–H and O–H groups in total. The second-order valence-electron chi connectivity index (χ2n) is 5.79. The molecule has 0 bridgehead atoms. The number of hydrogen-bond donors (Lipinski definition) is 1. The highest BCUT2D eigenvalue weighted by Crippen LogP contribution is 2.15. The van der Waals surface area contributed by atoms with Gasteiger partial charge >= 0.3 is 0 Å². The normalized spacial score (nSPS) is 10.5. The van der Waals surface area contributed by atoms with Crippen LogP contribution in [0, 0.1) is 6.92 Å². The molecule has 0 aliphatic carbocycles. The van der Waals surface area contributed by atoms with Crippen LogP contribution in [0.4, 0.5) is 5.82 Å². The van der Waals surface area contributed by atoms with Crippen LogP contribution in [0.5, 0.6) is 5.75 Å². The Kier molecular flexibility index (Phi) is 5.58. The standard InChI is InChI=1S/C19H21N5O2/c1-3-4-11-26-16-7-5-15(6-8-16)19(25)23-17-12-18(22-13-21-17)24-10-9-20-14(24)2/h5-10,12-13H,3-4,11H2,1-2H3,(H,21,22,23,25). The summed E-state index contributed by atoms with van der Waals surface area (Å²) in [5.74, 6) is 2.40. The number of carbonyl (C=O) groups excluding carboxylic acids is 1. The Balaban J connectivity index is 1.67. The van der Waals surface area contributed by atoms with E-state index in [1.807, 2.05) is 11.5 Å². The molecule has 0 spiro atoms. The maximum atomic E-state index is 12.4. The van der Waals surface area contributed by atoms with Gasteiger partial charge in [0.15, 0.2) is 0 Å². The summed E-state index contributed by atoms with van der Waals surface area (Å²) < 4.78 is 7.43. The van der Waals surface area contributed by atoms with Gasteiger partial charge in [0.05, 0.1) is 6.61 Å². The van der Waals surface area contributed by atoms with E-state index in [1.54, 1.807) is 42.7 Å². The van der Waals surface area contributed by atoms with Gasteiger partial charge in [-0.2, -0.15) is 0 Å². The second kappa shape index (κ2) is 8.24. The second-order valence-corrected chi connectivity index (χ2v) is 5.79. The lowest BCUT2D eigenvalue weighted by atomic mass is 10.2. The van der Waals surface area contributed by atoms with Gasteiger partial charge < -0.3 is 10.1 Å². The van der Waals surface area contributed by atoms with Crippen LogP contribution in [-0.2, 0) is 0 Å². The minimum Gasteiger partial charge on any atom is -0.494 e. The summed E-state index contributed by atoms with van der Waals surface area (Å²) in [6.07, 6.45) is 7.00. The molecule has 7 nitrogen and oxygen atoms in total. The number of benzene rings is 1. The predicted octanol–water partition coefficient (Wildman–Crippen LogP) is 3.40. The Morgan fingerprint density at radius 2 is 2.00 bits per heavy atom. The van der Waals surface area contributed by atoms with Gasteiger partial charge in [-0.15, -0.1) is 0 Å². The Bertz CT molecular complexity index is 874. The number of aromatic nitrogens is 4. The number of anilines is 1. The molecule has 0 saturated carbocycles. The highest BCUT2D eigenvalue weighted by molar-refractivity contribution is 6.03. The largest absolute Gasteiger partial charge is 0.494 e. The van der Waals surface area contributed by atoms with Crippen LogP contribution < -0.4 is 10.1 Å². The Hall–Kier alpha value is -3.22. The van der Waals surface area contributed by atoms with E-state index in [0.29, 0.717) is 23.8 Å². The molecule has 0 aliphatic rings. The molecule has 0 fully saturated rings. The molecular weight excluding hydrogens is 330 g/mol. The molecule has 2 heterocycles. The van der Waals surface area contributed by atoms with Gasteiger partial charge in [-0.1, -0.05) is 13.3 Å². The maximum absolute atomic E-state index is 12.4. The van der Waals surface area contributed by atoms with Crippen LogP contribution >= 0.6 is 0 Å². The molecule has 0 radical (unpaired) electrons. The molecule has 0 aliphatic heterocycles. The maximum Gasteiger partial charge on any atom is 0.256 e. The first-order valence-electron chi connectivity index (χ1n) is 8.54. The number of nitrogens with zero attached hydrogens (tertiary/aromatic N) is 4. The summed E-state index contributed by atoms with van der Waals surface area (Å²) in [4.78, 5) is 24.9. The molecule has 26 heavy (non-hydrogen) atoms.